The average molecular weight is 306 g/mol. The van der Waals surface area contributed by atoms with Gasteiger partial charge in [-0.05, 0) is 12.1 Å². The number of benzene rings is 1. The van der Waals surface area contributed by atoms with Gasteiger partial charge in [-0.3, -0.25) is 14.0 Å². The van der Waals surface area contributed by atoms with Crippen molar-refractivity contribution in [2.24, 2.45) is 7.05 Å². The first kappa shape index (κ1) is 13.6. The maximum atomic E-state index is 13.5. The molecule has 0 aliphatic rings. The van der Waals surface area contributed by atoms with Gasteiger partial charge in [0.05, 0.1) is 16.8 Å². The molecule has 6 nitrogen and oxygen atoms in total. The van der Waals surface area contributed by atoms with Crippen LogP contribution in [-0.2, 0) is 11.8 Å². The summed E-state index contributed by atoms with van der Waals surface area (Å²) in [7, 11) is 1.77. The molecule has 0 unspecified atom stereocenters. The lowest BCUT2D eigenvalue weighted by atomic mass is 10.3. The number of imidazole rings is 1. The van der Waals surface area contributed by atoms with E-state index in [1.54, 1.807) is 34.6 Å². The van der Waals surface area contributed by atoms with Gasteiger partial charge in [-0.2, -0.15) is 5.10 Å². The van der Waals surface area contributed by atoms with Gasteiger partial charge in [-0.15, -0.1) is 0 Å². The van der Waals surface area contributed by atoms with Gasteiger partial charge < -0.3 is 5.11 Å². The number of nitrogens with zero attached hydrogens (tertiary/aromatic N) is 4. The van der Waals surface area contributed by atoms with E-state index in [2.05, 4.69) is 10.1 Å². The number of aryl methyl sites for hydroxylation is 1. The zero-order valence-corrected chi connectivity index (χ0v) is 11.8. The molecule has 0 saturated heterocycles. The Morgan fingerprint density at radius 2 is 2.24 bits per heavy atom. The molecule has 3 aromatic rings. The summed E-state index contributed by atoms with van der Waals surface area (Å²) in [5.74, 6) is -0.878. The minimum atomic E-state index is -0.939. The Bertz CT molecular complexity index is 827. The van der Waals surface area contributed by atoms with Gasteiger partial charge in [0.15, 0.2) is 11.0 Å². The number of carboxylic acid groups (broad SMARTS) is 1. The fourth-order valence-corrected chi connectivity index (χ4v) is 2.73. The van der Waals surface area contributed by atoms with E-state index in [9.17, 15) is 9.18 Å². The predicted octanol–water partition coefficient (Wildman–Crippen LogP) is 2.07. The van der Waals surface area contributed by atoms with Crippen molar-refractivity contribution in [3.05, 3.63) is 36.3 Å². The summed E-state index contributed by atoms with van der Waals surface area (Å²) in [6, 6.07) is 6.01. The van der Waals surface area contributed by atoms with Crippen molar-refractivity contribution in [3.8, 4) is 5.82 Å². The fraction of sp³-hybridized carbons (Fsp3) is 0.154. The van der Waals surface area contributed by atoms with Crippen molar-refractivity contribution in [2.45, 2.75) is 5.16 Å². The molecule has 21 heavy (non-hydrogen) atoms. The van der Waals surface area contributed by atoms with E-state index in [1.807, 2.05) is 0 Å². The number of carboxylic acids is 1. The third-order valence-electron chi connectivity index (χ3n) is 2.84. The van der Waals surface area contributed by atoms with Gasteiger partial charge in [0.25, 0.3) is 0 Å². The van der Waals surface area contributed by atoms with E-state index in [1.165, 1.54) is 12.1 Å². The van der Waals surface area contributed by atoms with Crippen LogP contribution in [0.25, 0.3) is 16.9 Å². The number of carbonyl (C=O) groups is 1. The highest BCUT2D eigenvalue weighted by molar-refractivity contribution is 7.99. The van der Waals surface area contributed by atoms with Crippen LogP contribution >= 0.6 is 11.8 Å². The maximum absolute atomic E-state index is 13.5. The van der Waals surface area contributed by atoms with E-state index in [0.29, 0.717) is 22.0 Å². The third-order valence-corrected chi connectivity index (χ3v) is 3.76. The van der Waals surface area contributed by atoms with Gasteiger partial charge in [-0.1, -0.05) is 11.8 Å². The highest BCUT2D eigenvalue weighted by Crippen LogP contribution is 2.27. The Hall–Kier alpha value is -2.35. The number of halogens is 1. The van der Waals surface area contributed by atoms with Crippen molar-refractivity contribution in [1.29, 1.82) is 0 Å². The van der Waals surface area contributed by atoms with Crippen molar-refractivity contribution < 1.29 is 14.3 Å². The minimum Gasteiger partial charge on any atom is -0.481 e. The van der Waals surface area contributed by atoms with E-state index >= 15 is 0 Å². The first-order valence-corrected chi connectivity index (χ1v) is 7.06. The van der Waals surface area contributed by atoms with Crippen LogP contribution in [0.4, 0.5) is 4.39 Å². The molecule has 1 N–H and O–H groups in total. The highest BCUT2D eigenvalue weighted by atomic mass is 32.2. The molecule has 8 heteroatoms. The van der Waals surface area contributed by atoms with Gasteiger partial charge in [-0.25, -0.2) is 9.37 Å². The Kier molecular flexibility index (Phi) is 3.38. The van der Waals surface area contributed by atoms with E-state index < -0.39 is 5.97 Å². The molecule has 0 aliphatic heterocycles. The number of hydrogen-bond donors (Lipinski definition) is 1. The Morgan fingerprint density at radius 3 is 2.90 bits per heavy atom. The molecule has 3 rings (SSSR count). The van der Waals surface area contributed by atoms with Crippen LogP contribution in [0.5, 0.6) is 0 Å². The molecular formula is C13H11FN4O2S. The molecular weight excluding hydrogens is 295 g/mol. The first-order chi connectivity index (χ1) is 10.0. The lowest BCUT2D eigenvalue weighted by molar-refractivity contribution is -0.133. The van der Waals surface area contributed by atoms with Gasteiger partial charge in [0, 0.05) is 25.4 Å². The average Bonchev–Trinajstić information content (AvgIpc) is 2.99. The third kappa shape index (κ3) is 2.62. The molecule has 1 aromatic carbocycles. The second-order valence-electron chi connectivity index (χ2n) is 4.39. The summed E-state index contributed by atoms with van der Waals surface area (Å²) >= 11 is 1.07. The van der Waals surface area contributed by atoms with E-state index in [0.717, 1.165) is 11.8 Å². The van der Waals surface area contributed by atoms with Gasteiger partial charge in [0.2, 0.25) is 0 Å². The van der Waals surface area contributed by atoms with Crippen LogP contribution < -0.4 is 0 Å². The standard InChI is InChI=1S/C13H11FN4O2S/c1-17-5-4-11(16-17)18-10-6-8(14)2-3-9(10)15-13(18)21-7-12(19)20/h2-6H,7H2,1H3,(H,19,20). The molecule has 0 fully saturated rings. The van der Waals surface area contributed by atoms with Crippen molar-refractivity contribution >= 4 is 28.8 Å². The van der Waals surface area contributed by atoms with Gasteiger partial charge >= 0.3 is 5.97 Å². The van der Waals surface area contributed by atoms with Crippen molar-refractivity contribution in [2.75, 3.05) is 5.75 Å². The Labute approximate surface area is 123 Å². The Balaban J connectivity index is 2.18. The zero-order chi connectivity index (χ0) is 15.0. The van der Waals surface area contributed by atoms with Crippen LogP contribution in [0.3, 0.4) is 0 Å². The van der Waals surface area contributed by atoms with Gasteiger partial charge in [0.1, 0.15) is 5.82 Å². The molecule has 0 bridgehead atoms. The first-order valence-electron chi connectivity index (χ1n) is 6.07. The smallest absolute Gasteiger partial charge is 0.313 e. The molecule has 0 spiro atoms. The summed E-state index contributed by atoms with van der Waals surface area (Å²) in [4.78, 5) is 15.1. The molecule has 2 aromatic heterocycles. The van der Waals surface area contributed by atoms with Crippen molar-refractivity contribution in [1.82, 2.24) is 19.3 Å². The quantitative estimate of drug-likeness (QED) is 0.747. The molecule has 0 radical (unpaired) electrons. The number of rotatable bonds is 4. The molecule has 2 heterocycles. The SMILES string of the molecule is Cn1ccc(-n2c(SCC(=O)O)nc3ccc(F)cc32)n1. The normalized spacial score (nSPS) is 11.1. The second-order valence-corrected chi connectivity index (χ2v) is 5.34. The van der Waals surface area contributed by atoms with Crippen LogP contribution in [-0.4, -0.2) is 36.2 Å². The number of thioether (sulfide) groups is 1. The molecule has 0 saturated carbocycles. The fourth-order valence-electron chi connectivity index (χ4n) is 1.99. The molecule has 108 valence electrons. The summed E-state index contributed by atoms with van der Waals surface area (Å²) in [6.45, 7) is 0. The lowest BCUT2D eigenvalue weighted by Crippen LogP contribution is -2.03. The summed E-state index contributed by atoms with van der Waals surface area (Å²) in [6.07, 6.45) is 1.76. The Morgan fingerprint density at radius 1 is 1.43 bits per heavy atom. The minimum absolute atomic E-state index is 0.126. The second kappa shape index (κ2) is 5.21. The lowest BCUT2D eigenvalue weighted by Gasteiger charge is -2.04. The summed E-state index contributed by atoms with van der Waals surface area (Å²) in [5, 5.41) is 13.6. The maximum Gasteiger partial charge on any atom is 0.313 e. The van der Waals surface area contributed by atoms with Crippen LogP contribution in [0, 0.1) is 5.82 Å². The largest absolute Gasteiger partial charge is 0.481 e. The van der Waals surface area contributed by atoms with E-state index in [-0.39, 0.29) is 11.6 Å². The molecule has 0 aliphatic carbocycles. The number of aromatic nitrogens is 4. The number of hydrogen-bond acceptors (Lipinski definition) is 4. The van der Waals surface area contributed by atoms with Crippen LogP contribution in [0.1, 0.15) is 0 Å². The monoisotopic (exact) mass is 306 g/mol. The van der Waals surface area contributed by atoms with Crippen LogP contribution in [0.2, 0.25) is 0 Å². The topological polar surface area (TPSA) is 72.9 Å². The van der Waals surface area contributed by atoms with Crippen molar-refractivity contribution in [3.63, 3.8) is 0 Å². The highest BCUT2D eigenvalue weighted by Gasteiger charge is 2.16. The summed E-state index contributed by atoms with van der Waals surface area (Å²) in [5.41, 5.74) is 1.15. The number of aliphatic carboxylic acids is 1. The van der Waals surface area contributed by atoms with E-state index in [4.69, 9.17) is 5.11 Å². The molecule has 0 atom stereocenters. The summed E-state index contributed by atoms with van der Waals surface area (Å²) < 4.78 is 16.8. The molecule has 0 amide bonds. The van der Waals surface area contributed by atoms with Crippen LogP contribution in [0.15, 0.2) is 35.6 Å². The number of fused-ring (bicyclic) bond motifs is 1. The predicted molar refractivity (Wildman–Crippen MR) is 76.2 cm³/mol. The zero-order valence-electron chi connectivity index (χ0n) is 11.0.